The fraction of sp³-hybridized carbons (Fsp3) is 0.333. The lowest BCUT2D eigenvalue weighted by molar-refractivity contribution is 0.289. The Bertz CT molecular complexity index is 483. The number of benzene rings is 1. The van der Waals surface area contributed by atoms with Gasteiger partial charge in [0, 0.05) is 12.6 Å². The third-order valence-corrected chi connectivity index (χ3v) is 2.39. The predicted octanol–water partition coefficient (Wildman–Crippen LogP) is 0.997. The van der Waals surface area contributed by atoms with Gasteiger partial charge in [-0.15, -0.1) is 5.10 Å². The number of nitrogens with zero attached hydrogens (tertiary/aromatic N) is 3. The second kappa shape index (κ2) is 6.11. The normalized spacial score (nSPS) is 10.6. The Labute approximate surface area is 104 Å². The molecule has 0 aliphatic carbocycles. The fourth-order valence-electron chi connectivity index (χ4n) is 1.50. The van der Waals surface area contributed by atoms with Crippen LogP contribution in [0.15, 0.2) is 30.5 Å². The van der Waals surface area contributed by atoms with Gasteiger partial charge in [0.25, 0.3) is 0 Å². The Morgan fingerprint density at radius 2 is 2.06 bits per heavy atom. The highest BCUT2D eigenvalue weighted by Crippen LogP contribution is 2.10. The van der Waals surface area contributed by atoms with Crippen molar-refractivity contribution < 1.29 is 9.13 Å². The van der Waals surface area contributed by atoms with Crippen LogP contribution in [0.25, 0.3) is 0 Å². The van der Waals surface area contributed by atoms with Crippen LogP contribution in [0.2, 0.25) is 0 Å². The topological polar surface area (TPSA) is 66.0 Å². The molecule has 0 aliphatic rings. The minimum Gasteiger partial charge on any atom is -0.492 e. The van der Waals surface area contributed by atoms with Crippen molar-refractivity contribution in [1.82, 2.24) is 15.0 Å². The lowest BCUT2D eigenvalue weighted by Crippen LogP contribution is -2.08. The number of hydrogen-bond donors (Lipinski definition) is 1. The summed E-state index contributed by atoms with van der Waals surface area (Å²) in [6.07, 6.45) is 2.57. The van der Waals surface area contributed by atoms with Gasteiger partial charge in [-0.25, -0.2) is 9.07 Å². The molecule has 0 fully saturated rings. The molecule has 0 amide bonds. The number of rotatable bonds is 6. The van der Waals surface area contributed by atoms with Crippen LogP contribution >= 0.6 is 0 Å². The Morgan fingerprint density at radius 3 is 2.78 bits per heavy atom. The van der Waals surface area contributed by atoms with E-state index in [0.29, 0.717) is 25.4 Å². The van der Waals surface area contributed by atoms with Gasteiger partial charge < -0.3 is 10.5 Å². The van der Waals surface area contributed by atoms with E-state index in [4.69, 9.17) is 10.5 Å². The van der Waals surface area contributed by atoms with Gasteiger partial charge in [-0.2, -0.15) is 0 Å². The van der Waals surface area contributed by atoms with E-state index in [9.17, 15) is 4.39 Å². The molecule has 0 spiro atoms. The zero-order valence-electron chi connectivity index (χ0n) is 9.92. The molecule has 1 aromatic heterocycles. The van der Waals surface area contributed by atoms with Crippen LogP contribution in [0, 0.1) is 5.82 Å². The number of aromatic nitrogens is 3. The largest absolute Gasteiger partial charge is 0.492 e. The van der Waals surface area contributed by atoms with Gasteiger partial charge in [-0.3, -0.25) is 0 Å². The van der Waals surface area contributed by atoms with Crippen molar-refractivity contribution in [1.29, 1.82) is 0 Å². The van der Waals surface area contributed by atoms with Crippen molar-refractivity contribution in [3.8, 4) is 5.75 Å². The summed E-state index contributed by atoms with van der Waals surface area (Å²) in [6, 6.07) is 5.92. The molecule has 0 unspecified atom stereocenters. The fourth-order valence-corrected chi connectivity index (χ4v) is 1.50. The Hall–Kier alpha value is -1.95. The predicted molar refractivity (Wildman–Crippen MR) is 64.7 cm³/mol. The zero-order valence-corrected chi connectivity index (χ0v) is 9.92. The average molecular weight is 250 g/mol. The summed E-state index contributed by atoms with van der Waals surface area (Å²) in [7, 11) is 0. The second-order valence-electron chi connectivity index (χ2n) is 3.81. The molecule has 5 nitrogen and oxygen atoms in total. The molecule has 96 valence electrons. The van der Waals surface area contributed by atoms with E-state index in [1.54, 1.807) is 16.8 Å². The van der Waals surface area contributed by atoms with Gasteiger partial charge in [-0.05, 0) is 30.8 Å². The second-order valence-corrected chi connectivity index (χ2v) is 3.81. The molecular weight excluding hydrogens is 235 g/mol. The van der Waals surface area contributed by atoms with Gasteiger partial charge in [0.2, 0.25) is 0 Å². The lowest BCUT2D eigenvalue weighted by Gasteiger charge is -2.05. The molecule has 2 rings (SSSR count). The van der Waals surface area contributed by atoms with Crippen LogP contribution in [0.4, 0.5) is 4.39 Å². The van der Waals surface area contributed by atoms with Crippen LogP contribution in [0.5, 0.6) is 5.75 Å². The molecule has 2 N–H and O–H groups in total. The minimum absolute atomic E-state index is 0.273. The number of hydrogen-bond acceptors (Lipinski definition) is 4. The summed E-state index contributed by atoms with van der Waals surface area (Å²) in [5.41, 5.74) is 6.30. The third kappa shape index (κ3) is 3.53. The van der Waals surface area contributed by atoms with Gasteiger partial charge in [0.05, 0.1) is 12.2 Å². The van der Waals surface area contributed by atoms with Crippen LogP contribution in [-0.2, 0) is 13.0 Å². The van der Waals surface area contributed by atoms with Crippen molar-refractivity contribution in [2.45, 2.75) is 13.0 Å². The maximum Gasteiger partial charge on any atom is 0.123 e. The first-order chi connectivity index (χ1) is 8.78. The zero-order chi connectivity index (χ0) is 12.8. The van der Waals surface area contributed by atoms with Crippen LogP contribution in [0.1, 0.15) is 5.69 Å². The Balaban J connectivity index is 1.79. The lowest BCUT2D eigenvalue weighted by atomic mass is 10.3. The first kappa shape index (κ1) is 12.5. The summed E-state index contributed by atoms with van der Waals surface area (Å²) in [5.74, 6) is 0.365. The van der Waals surface area contributed by atoms with Crippen LogP contribution < -0.4 is 10.5 Å². The van der Waals surface area contributed by atoms with Crippen molar-refractivity contribution in [2.75, 3.05) is 13.2 Å². The van der Waals surface area contributed by atoms with Gasteiger partial charge in [-0.1, -0.05) is 5.21 Å². The summed E-state index contributed by atoms with van der Waals surface area (Å²) in [6.45, 7) is 1.61. The van der Waals surface area contributed by atoms with E-state index in [2.05, 4.69) is 10.3 Å². The third-order valence-electron chi connectivity index (χ3n) is 2.39. The highest BCUT2D eigenvalue weighted by atomic mass is 19.1. The van der Waals surface area contributed by atoms with Crippen LogP contribution in [0.3, 0.4) is 0 Å². The maximum atomic E-state index is 12.7. The first-order valence-electron chi connectivity index (χ1n) is 5.75. The molecule has 0 bridgehead atoms. The Morgan fingerprint density at radius 1 is 1.28 bits per heavy atom. The summed E-state index contributed by atoms with van der Waals surface area (Å²) >= 11 is 0. The quantitative estimate of drug-likeness (QED) is 0.830. The van der Waals surface area contributed by atoms with E-state index in [1.807, 2.05) is 6.20 Å². The standard InChI is InChI=1S/C12H15FN4O/c13-10-1-3-12(4-2-10)18-8-7-17-9-11(5-6-14)15-16-17/h1-4,9H,5-8,14H2. The minimum atomic E-state index is -0.273. The maximum absolute atomic E-state index is 12.7. The number of halogens is 1. The molecule has 1 aromatic carbocycles. The number of ether oxygens (including phenoxy) is 1. The summed E-state index contributed by atoms with van der Waals surface area (Å²) in [5, 5.41) is 7.92. The molecule has 0 atom stereocenters. The van der Waals surface area contributed by atoms with Crippen LogP contribution in [-0.4, -0.2) is 28.1 Å². The highest BCUT2D eigenvalue weighted by Gasteiger charge is 2.00. The van der Waals surface area contributed by atoms with Gasteiger partial charge in [0.1, 0.15) is 18.2 Å². The molecule has 0 saturated carbocycles. The van der Waals surface area contributed by atoms with E-state index in [1.165, 1.54) is 12.1 Å². The highest BCUT2D eigenvalue weighted by molar-refractivity contribution is 5.21. The molecule has 1 heterocycles. The van der Waals surface area contributed by atoms with Crippen molar-refractivity contribution in [3.05, 3.63) is 42.0 Å². The van der Waals surface area contributed by atoms with Gasteiger partial charge >= 0.3 is 0 Å². The van der Waals surface area contributed by atoms with Gasteiger partial charge in [0.15, 0.2) is 0 Å². The summed E-state index contributed by atoms with van der Waals surface area (Å²) in [4.78, 5) is 0. The van der Waals surface area contributed by atoms with Crippen molar-refractivity contribution >= 4 is 0 Å². The molecule has 0 aliphatic heterocycles. The van der Waals surface area contributed by atoms with E-state index in [0.717, 1.165) is 12.1 Å². The smallest absolute Gasteiger partial charge is 0.123 e. The van der Waals surface area contributed by atoms with Crippen molar-refractivity contribution in [3.63, 3.8) is 0 Å². The summed E-state index contributed by atoms with van der Waals surface area (Å²) < 4.78 is 19.8. The van der Waals surface area contributed by atoms with Crippen molar-refractivity contribution in [2.24, 2.45) is 5.73 Å². The average Bonchev–Trinajstić information content (AvgIpc) is 2.80. The molecular formula is C12H15FN4O. The molecule has 18 heavy (non-hydrogen) atoms. The van der Waals surface area contributed by atoms with E-state index in [-0.39, 0.29) is 5.82 Å². The Kier molecular flexibility index (Phi) is 4.25. The SMILES string of the molecule is NCCc1cn(CCOc2ccc(F)cc2)nn1. The van der Waals surface area contributed by atoms with E-state index >= 15 is 0 Å². The monoisotopic (exact) mass is 250 g/mol. The van der Waals surface area contributed by atoms with E-state index < -0.39 is 0 Å². The molecule has 0 saturated heterocycles. The first-order valence-corrected chi connectivity index (χ1v) is 5.75. The number of nitrogens with two attached hydrogens (primary N) is 1. The molecule has 2 aromatic rings. The molecule has 6 heteroatoms. The molecule has 0 radical (unpaired) electrons.